The lowest BCUT2D eigenvalue weighted by Crippen LogP contribution is -2.50. The summed E-state index contributed by atoms with van der Waals surface area (Å²) in [4.78, 5) is 22.5. The first-order chi connectivity index (χ1) is 7.92. The Labute approximate surface area is 103 Å². The number of hydrogen-bond donors (Lipinski definition) is 3. The van der Waals surface area contributed by atoms with Gasteiger partial charge in [-0.3, -0.25) is 0 Å². The highest BCUT2D eigenvalue weighted by Crippen LogP contribution is 2.03. The van der Waals surface area contributed by atoms with Crippen LogP contribution < -0.4 is 10.6 Å². The molecule has 0 aliphatic heterocycles. The molecule has 0 heterocycles. The molecule has 5 heteroatoms. The SMILES string of the molecule is CCCC(CC)NC(=O)N[C@@H](C(=O)O)C(C)C. The Morgan fingerprint density at radius 3 is 2.12 bits per heavy atom. The van der Waals surface area contributed by atoms with Gasteiger partial charge >= 0.3 is 12.0 Å². The molecule has 0 radical (unpaired) electrons. The van der Waals surface area contributed by atoms with Crippen LogP contribution in [0.5, 0.6) is 0 Å². The number of amides is 2. The van der Waals surface area contributed by atoms with Crippen molar-refractivity contribution in [2.75, 3.05) is 0 Å². The van der Waals surface area contributed by atoms with Crippen LogP contribution in [-0.4, -0.2) is 29.2 Å². The van der Waals surface area contributed by atoms with Crippen LogP contribution in [0.2, 0.25) is 0 Å². The van der Waals surface area contributed by atoms with E-state index in [0.29, 0.717) is 0 Å². The molecule has 0 aromatic rings. The highest BCUT2D eigenvalue weighted by Gasteiger charge is 2.23. The fourth-order valence-electron chi connectivity index (χ4n) is 1.61. The number of rotatable bonds is 7. The lowest BCUT2D eigenvalue weighted by Gasteiger charge is -2.21. The maximum atomic E-state index is 11.6. The first kappa shape index (κ1) is 15.7. The molecule has 0 aliphatic carbocycles. The van der Waals surface area contributed by atoms with Gasteiger partial charge in [-0.1, -0.05) is 34.1 Å². The summed E-state index contributed by atoms with van der Waals surface area (Å²) >= 11 is 0. The Bertz CT molecular complexity index is 254. The summed E-state index contributed by atoms with van der Waals surface area (Å²) in [6.45, 7) is 7.58. The van der Waals surface area contributed by atoms with Gasteiger partial charge in [-0.05, 0) is 18.8 Å². The van der Waals surface area contributed by atoms with Gasteiger partial charge in [0.1, 0.15) is 6.04 Å². The number of aliphatic carboxylic acids is 1. The zero-order valence-electron chi connectivity index (χ0n) is 11.1. The van der Waals surface area contributed by atoms with Crippen molar-refractivity contribution in [3.05, 3.63) is 0 Å². The van der Waals surface area contributed by atoms with Crippen molar-refractivity contribution >= 4 is 12.0 Å². The topological polar surface area (TPSA) is 78.4 Å². The number of carboxylic acid groups (broad SMARTS) is 1. The number of carbonyl (C=O) groups excluding carboxylic acids is 1. The van der Waals surface area contributed by atoms with E-state index in [4.69, 9.17) is 5.11 Å². The smallest absolute Gasteiger partial charge is 0.326 e. The number of urea groups is 1. The summed E-state index contributed by atoms with van der Waals surface area (Å²) in [6.07, 6.45) is 2.75. The molecular weight excluding hydrogens is 220 g/mol. The quantitative estimate of drug-likeness (QED) is 0.640. The molecule has 0 fully saturated rings. The summed E-state index contributed by atoms with van der Waals surface area (Å²) in [6, 6.07) is -1.12. The minimum Gasteiger partial charge on any atom is -0.480 e. The second kappa shape index (κ2) is 7.92. The summed E-state index contributed by atoms with van der Waals surface area (Å²) in [5, 5.41) is 14.2. The number of hydrogen-bond acceptors (Lipinski definition) is 2. The molecule has 0 aromatic heterocycles. The molecule has 17 heavy (non-hydrogen) atoms. The van der Waals surface area contributed by atoms with Crippen LogP contribution in [0.4, 0.5) is 4.79 Å². The average Bonchev–Trinajstić information content (AvgIpc) is 2.24. The number of carbonyl (C=O) groups is 2. The fraction of sp³-hybridized carbons (Fsp3) is 0.833. The van der Waals surface area contributed by atoms with Gasteiger partial charge < -0.3 is 15.7 Å². The Balaban J connectivity index is 4.27. The molecule has 2 amide bonds. The Morgan fingerprint density at radius 2 is 1.76 bits per heavy atom. The minimum absolute atomic E-state index is 0.113. The number of nitrogens with one attached hydrogen (secondary N) is 2. The van der Waals surface area contributed by atoms with Gasteiger partial charge in [0.15, 0.2) is 0 Å². The van der Waals surface area contributed by atoms with Gasteiger partial charge in [0, 0.05) is 6.04 Å². The van der Waals surface area contributed by atoms with E-state index in [1.54, 1.807) is 13.8 Å². The van der Waals surface area contributed by atoms with Crippen molar-refractivity contribution in [2.24, 2.45) is 5.92 Å². The normalized spacial score (nSPS) is 14.2. The van der Waals surface area contributed by atoms with Gasteiger partial charge in [-0.15, -0.1) is 0 Å². The van der Waals surface area contributed by atoms with Gasteiger partial charge in [0.05, 0.1) is 0 Å². The van der Waals surface area contributed by atoms with Crippen molar-refractivity contribution in [1.29, 1.82) is 0 Å². The summed E-state index contributed by atoms with van der Waals surface area (Å²) in [7, 11) is 0. The molecule has 5 nitrogen and oxygen atoms in total. The highest BCUT2D eigenvalue weighted by molar-refractivity contribution is 5.82. The molecule has 1 unspecified atom stereocenters. The van der Waals surface area contributed by atoms with E-state index in [9.17, 15) is 9.59 Å². The lowest BCUT2D eigenvalue weighted by atomic mass is 10.1. The first-order valence-electron chi connectivity index (χ1n) is 6.22. The molecular formula is C12H24N2O3. The van der Waals surface area contributed by atoms with Crippen molar-refractivity contribution in [1.82, 2.24) is 10.6 Å². The molecule has 0 spiro atoms. The maximum Gasteiger partial charge on any atom is 0.326 e. The van der Waals surface area contributed by atoms with Crippen LogP contribution in [0.15, 0.2) is 0 Å². The zero-order chi connectivity index (χ0) is 13.4. The molecule has 3 N–H and O–H groups in total. The van der Waals surface area contributed by atoms with E-state index in [2.05, 4.69) is 17.6 Å². The summed E-state index contributed by atoms with van der Waals surface area (Å²) in [5.74, 6) is -1.14. The molecule has 0 rings (SSSR count). The van der Waals surface area contributed by atoms with Gasteiger partial charge in [-0.2, -0.15) is 0 Å². The lowest BCUT2D eigenvalue weighted by molar-refractivity contribution is -0.140. The second-order valence-corrected chi connectivity index (χ2v) is 4.57. The minimum atomic E-state index is -1.00. The van der Waals surface area contributed by atoms with Gasteiger partial charge in [-0.25, -0.2) is 9.59 Å². The molecule has 0 saturated heterocycles. The van der Waals surface area contributed by atoms with Gasteiger partial charge in [0.2, 0.25) is 0 Å². The van der Waals surface area contributed by atoms with E-state index in [0.717, 1.165) is 19.3 Å². The average molecular weight is 244 g/mol. The molecule has 0 aliphatic rings. The van der Waals surface area contributed by atoms with Crippen LogP contribution in [0.1, 0.15) is 47.0 Å². The Morgan fingerprint density at radius 1 is 1.18 bits per heavy atom. The molecule has 0 aromatic carbocycles. The standard InChI is InChI=1S/C12H24N2O3/c1-5-7-9(6-2)13-12(17)14-10(8(3)4)11(15)16/h8-10H,5-7H2,1-4H3,(H,15,16)(H2,13,14,17)/t9?,10-/m1/s1. The van der Waals surface area contributed by atoms with Crippen molar-refractivity contribution < 1.29 is 14.7 Å². The molecule has 0 bridgehead atoms. The zero-order valence-corrected chi connectivity index (χ0v) is 11.1. The number of carboxylic acids is 1. The van der Waals surface area contributed by atoms with Crippen LogP contribution >= 0.6 is 0 Å². The van der Waals surface area contributed by atoms with Crippen molar-refractivity contribution in [2.45, 2.75) is 59.0 Å². The maximum absolute atomic E-state index is 11.6. The summed E-state index contributed by atoms with van der Waals surface area (Å²) < 4.78 is 0. The highest BCUT2D eigenvalue weighted by atomic mass is 16.4. The van der Waals surface area contributed by atoms with Crippen molar-refractivity contribution in [3.8, 4) is 0 Å². The largest absolute Gasteiger partial charge is 0.480 e. The summed E-state index contributed by atoms with van der Waals surface area (Å²) in [5.41, 5.74) is 0. The third-order valence-electron chi connectivity index (χ3n) is 2.68. The third kappa shape index (κ3) is 6.14. The predicted octanol–water partition coefficient (Wildman–Crippen LogP) is 1.97. The van der Waals surface area contributed by atoms with Crippen LogP contribution in [0.3, 0.4) is 0 Å². The van der Waals surface area contributed by atoms with E-state index in [-0.39, 0.29) is 12.0 Å². The Hall–Kier alpha value is -1.26. The van der Waals surface area contributed by atoms with Crippen LogP contribution in [-0.2, 0) is 4.79 Å². The van der Waals surface area contributed by atoms with Gasteiger partial charge in [0.25, 0.3) is 0 Å². The first-order valence-corrected chi connectivity index (χ1v) is 6.22. The van der Waals surface area contributed by atoms with Crippen LogP contribution in [0, 0.1) is 5.92 Å². The Kier molecular flexibility index (Phi) is 7.34. The van der Waals surface area contributed by atoms with E-state index in [1.807, 2.05) is 6.92 Å². The fourth-order valence-corrected chi connectivity index (χ4v) is 1.61. The monoisotopic (exact) mass is 244 g/mol. The molecule has 0 saturated carbocycles. The van der Waals surface area contributed by atoms with Crippen LogP contribution in [0.25, 0.3) is 0 Å². The third-order valence-corrected chi connectivity index (χ3v) is 2.68. The van der Waals surface area contributed by atoms with E-state index < -0.39 is 18.0 Å². The molecule has 100 valence electrons. The van der Waals surface area contributed by atoms with Crippen molar-refractivity contribution in [3.63, 3.8) is 0 Å². The molecule has 2 atom stereocenters. The van der Waals surface area contributed by atoms with E-state index in [1.165, 1.54) is 0 Å². The second-order valence-electron chi connectivity index (χ2n) is 4.57. The van der Waals surface area contributed by atoms with E-state index >= 15 is 0 Å². The predicted molar refractivity (Wildman–Crippen MR) is 66.9 cm³/mol.